The van der Waals surface area contributed by atoms with Crippen molar-refractivity contribution in [2.45, 2.75) is 66.2 Å². The van der Waals surface area contributed by atoms with Crippen molar-refractivity contribution in [3.8, 4) is 22.3 Å². The summed E-state index contributed by atoms with van der Waals surface area (Å²) in [6, 6.07) is 20.1. The quantitative estimate of drug-likeness (QED) is 0.232. The Morgan fingerprint density at radius 1 is 0.844 bits per heavy atom. The minimum Gasteiger partial charge on any atom is -0.444 e. The van der Waals surface area contributed by atoms with Crippen molar-refractivity contribution in [1.29, 1.82) is 0 Å². The van der Waals surface area contributed by atoms with Crippen molar-refractivity contribution in [2.75, 3.05) is 18.0 Å². The number of primary amides is 1. The second kappa shape index (κ2) is 12.6. The molecule has 2 amide bonds. The number of ether oxygens (including phenoxy) is 1. The minimum atomic E-state index is -0.516. The lowest BCUT2D eigenvalue weighted by atomic mass is 9.96. The lowest BCUT2D eigenvalue weighted by molar-refractivity contribution is 0.0193. The van der Waals surface area contributed by atoms with E-state index in [1.807, 2.05) is 77.3 Å². The Labute approximate surface area is 264 Å². The Hall–Kier alpha value is -4.92. The fourth-order valence-electron chi connectivity index (χ4n) is 6.11. The van der Waals surface area contributed by atoms with E-state index >= 15 is 0 Å². The first-order valence-corrected chi connectivity index (χ1v) is 15.5. The molecule has 0 bridgehead atoms. The molecule has 3 aromatic carbocycles. The summed E-state index contributed by atoms with van der Waals surface area (Å²) in [7, 11) is 0. The van der Waals surface area contributed by atoms with Crippen molar-refractivity contribution in [3.05, 3.63) is 84.8 Å². The van der Waals surface area contributed by atoms with Crippen LogP contribution < -0.4 is 10.6 Å². The van der Waals surface area contributed by atoms with Gasteiger partial charge in [-0.2, -0.15) is 5.10 Å². The average Bonchev–Trinajstić information content (AvgIpc) is 3.43. The van der Waals surface area contributed by atoms with Crippen LogP contribution in [-0.4, -0.2) is 62.3 Å². The topological polar surface area (TPSA) is 106 Å². The Morgan fingerprint density at radius 3 is 2.13 bits per heavy atom. The van der Waals surface area contributed by atoms with Crippen LogP contribution in [0.5, 0.6) is 0 Å². The zero-order valence-electron chi connectivity index (χ0n) is 27.1. The third-order valence-electron chi connectivity index (χ3n) is 7.90. The third kappa shape index (κ3) is 6.34. The number of nitrogens with zero attached hydrogens (tertiary/aromatic N) is 5. The maximum atomic E-state index is 12.7. The van der Waals surface area contributed by atoms with Gasteiger partial charge in [0.2, 0.25) is 5.91 Å². The Bertz CT molecular complexity index is 1830. The smallest absolute Gasteiger partial charge is 0.410 e. The highest BCUT2D eigenvalue weighted by molar-refractivity contribution is 6.10. The molecule has 3 heterocycles. The molecule has 1 aliphatic rings. The van der Waals surface area contributed by atoms with Gasteiger partial charge in [-0.1, -0.05) is 56.3 Å². The van der Waals surface area contributed by atoms with Crippen LogP contribution in [0, 0.1) is 0 Å². The van der Waals surface area contributed by atoms with Gasteiger partial charge < -0.3 is 20.3 Å². The number of hydrogen-bond donors (Lipinski definition) is 1. The second-order valence-electron chi connectivity index (χ2n) is 12.3. The number of nitrogens with two attached hydrogens (primary N) is 1. The van der Waals surface area contributed by atoms with E-state index in [0.717, 1.165) is 44.4 Å². The van der Waals surface area contributed by atoms with E-state index in [9.17, 15) is 9.59 Å². The van der Waals surface area contributed by atoms with Gasteiger partial charge in [0.25, 0.3) is 0 Å². The summed E-state index contributed by atoms with van der Waals surface area (Å²) < 4.78 is 7.39. The summed E-state index contributed by atoms with van der Waals surface area (Å²) in [5, 5.41) is 6.34. The molecule has 0 aliphatic carbocycles. The van der Waals surface area contributed by atoms with Gasteiger partial charge in [0.15, 0.2) is 5.65 Å². The van der Waals surface area contributed by atoms with Crippen LogP contribution in [-0.2, 0) is 4.74 Å². The Morgan fingerprint density at radius 2 is 1.49 bits per heavy atom. The number of carbonyl (C=O) groups is 2. The fraction of sp³-hybridized carbons (Fsp3) is 0.333. The van der Waals surface area contributed by atoms with Crippen molar-refractivity contribution < 1.29 is 14.3 Å². The van der Waals surface area contributed by atoms with Gasteiger partial charge in [-0.3, -0.25) is 4.79 Å². The summed E-state index contributed by atoms with van der Waals surface area (Å²) in [5.74, 6) is -0.455. The summed E-state index contributed by atoms with van der Waals surface area (Å²) >= 11 is 0. The standard InChI is InChI=1S/C34H36N6O3.C2H6/c1-21-18-38(33(42)43-34(3,4)5)19-22(2)40(21)25-14-12-23(13-15-25)24-16-36-32-30(17-37-39(32)20-24)28-10-6-9-27-26(28)8-7-11-29(27)31(35)41;1-2/h6-17,20-22H,18-19H2,1-5H3,(H2,35,41);1-2H3. The zero-order valence-corrected chi connectivity index (χ0v) is 27.1. The molecular formula is C36H42N6O3. The van der Waals surface area contributed by atoms with E-state index in [2.05, 4.69) is 48.1 Å². The van der Waals surface area contributed by atoms with Gasteiger partial charge in [-0.25, -0.2) is 14.3 Å². The third-order valence-corrected chi connectivity index (χ3v) is 7.90. The molecule has 9 heteroatoms. The number of rotatable bonds is 4. The second-order valence-corrected chi connectivity index (χ2v) is 12.3. The summed E-state index contributed by atoms with van der Waals surface area (Å²) in [4.78, 5) is 33.6. The highest BCUT2D eigenvalue weighted by Gasteiger charge is 2.34. The van der Waals surface area contributed by atoms with Gasteiger partial charge in [-0.15, -0.1) is 0 Å². The van der Waals surface area contributed by atoms with Gasteiger partial charge in [0, 0.05) is 59.9 Å². The van der Waals surface area contributed by atoms with Gasteiger partial charge in [0.1, 0.15) is 5.60 Å². The van der Waals surface area contributed by atoms with Crippen molar-refractivity contribution in [2.24, 2.45) is 5.73 Å². The maximum absolute atomic E-state index is 12.7. The number of benzene rings is 3. The molecule has 0 radical (unpaired) electrons. The number of fused-ring (bicyclic) bond motifs is 2. The molecule has 9 nitrogen and oxygen atoms in total. The molecule has 1 fully saturated rings. The molecule has 234 valence electrons. The number of aromatic nitrogens is 3. The van der Waals surface area contributed by atoms with Crippen LogP contribution in [0.3, 0.4) is 0 Å². The first kappa shape index (κ1) is 31.5. The highest BCUT2D eigenvalue weighted by Crippen LogP contribution is 2.33. The Balaban J connectivity index is 0.00000196. The maximum Gasteiger partial charge on any atom is 0.410 e. The molecule has 2 aromatic heterocycles. The molecule has 6 rings (SSSR count). The lowest BCUT2D eigenvalue weighted by Crippen LogP contribution is -2.58. The average molecular weight is 607 g/mol. The number of carbonyl (C=O) groups excluding carboxylic acids is 2. The number of amides is 2. The summed E-state index contributed by atoms with van der Waals surface area (Å²) in [6.45, 7) is 15.1. The van der Waals surface area contributed by atoms with E-state index < -0.39 is 11.5 Å². The molecule has 5 aromatic rings. The van der Waals surface area contributed by atoms with Crippen molar-refractivity contribution in [1.82, 2.24) is 19.5 Å². The SMILES string of the molecule is CC.CC1CN(C(=O)OC(C)(C)C)CC(C)N1c1ccc(-c2cnc3c(-c4cccc5c(C(N)=O)cccc45)cnn3c2)cc1. The number of piperazine rings is 1. The van der Waals surface area contributed by atoms with E-state index in [-0.39, 0.29) is 18.2 Å². The normalized spacial score (nSPS) is 16.8. The molecule has 45 heavy (non-hydrogen) atoms. The molecule has 2 N–H and O–H groups in total. The van der Waals surface area contributed by atoms with Crippen LogP contribution >= 0.6 is 0 Å². The molecular weight excluding hydrogens is 564 g/mol. The van der Waals surface area contributed by atoms with E-state index in [1.165, 1.54) is 0 Å². The van der Waals surface area contributed by atoms with Crippen molar-refractivity contribution >= 4 is 34.1 Å². The molecule has 0 saturated carbocycles. The summed E-state index contributed by atoms with van der Waals surface area (Å²) in [6.07, 6.45) is 5.38. The largest absolute Gasteiger partial charge is 0.444 e. The minimum absolute atomic E-state index is 0.135. The number of anilines is 1. The highest BCUT2D eigenvalue weighted by atomic mass is 16.6. The predicted molar refractivity (Wildman–Crippen MR) is 180 cm³/mol. The van der Waals surface area contributed by atoms with Gasteiger partial charge >= 0.3 is 6.09 Å². The Kier molecular flexibility index (Phi) is 8.82. The van der Waals surface area contributed by atoms with Gasteiger partial charge in [0.05, 0.1) is 6.20 Å². The molecule has 1 saturated heterocycles. The number of hydrogen-bond acceptors (Lipinski definition) is 6. The predicted octanol–water partition coefficient (Wildman–Crippen LogP) is 7.18. The molecule has 1 aliphatic heterocycles. The zero-order chi connectivity index (χ0) is 32.5. The van der Waals surface area contributed by atoms with Crippen LogP contribution in [0.4, 0.5) is 10.5 Å². The van der Waals surface area contributed by atoms with Crippen LogP contribution in [0.2, 0.25) is 0 Å². The summed E-state index contributed by atoms with van der Waals surface area (Å²) in [5.41, 5.74) is 11.2. The van der Waals surface area contributed by atoms with Crippen LogP contribution in [0.1, 0.15) is 58.8 Å². The first-order chi connectivity index (χ1) is 21.5. The van der Waals surface area contributed by atoms with E-state index in [4.69, 9.17) is 15.5 Å². The van der Waals surface area contributed by atoms with E-state index in [1.54, 1.807) is 21.7 Å². The lowest BCUT2D eigenvalue weighted by Gasteiger charge is -2.45. The van der Waals surface area contributed by atoms with Gasteiger partial charge in [-0.05, 0) is 74.7 Å². The first-order valence-electron chi connectivity index (χ1n) is 15.5. The van der Waals surface area contributed by atoms with E-state index in [0.29, 0.717) is 18.7 Å². The molecule has 0 spiro atoms. The van der Waals surface area contributed by atoms with Crippen LogP contribution in [0.25, 0.3) is 38.7 Å². The fourth-order valence-corrected chi connectivity index (χ4v) is 6.11. The van der Waals surface area contributed by atoms with Crippen molar-refractivity contribution in [3.63, 3.8) is 0 Å². The molecule has 2 atom stereocenters. The molecule has 2 unspecified atom stereocenters. The van der Waals surface area contributed by atoms with Crippen LogP contribution in [0.15, 0.2) is 79.3 Å². The monoisotopic (exact) mass is 606 g/mol.